The second-order valence-electron chi connectivity index (χ2n) is 17.3. The van der Waals surface area contributed by atoms with Gasteiger partial charge in [-0.2, -0.15) is 0 Å². The van der Waals surface area contributed by atoms with Gasteiger partial charge in [-0.05, 0) is 12.8 Å². The predicted octanol–water partition coefficient (Wildman–Crippen LogP) is 9.28. The van der Waals surface area contributed by atoms with Crippen LogP contribution in [0.25, 0.3) is 0 Å². The quantitative estimate of drug-likeness (QED) is 0.161. The fourth-order valence-corrected chi connectivity index (χ4v) is 6.30. The Hall–Kier alpha value is -2.38. The van der Waals surface area contributed by atoms with Gasteiger partial charge in [0, 0.05) is 41.2 Å². The zero-order valence-electron chi connectivity index (χ0n) is 31.4. The summed E-state index contributed by atoms with van der Waals surface area (Å²) in [6, 6.07) is -0.509. The van der Waals surface area contributed by atoms with E-state index in [2.05, 4.69) is 118 Å². The third-order valence-corrected chi connectivity index (χ3v) is 9.21. The first-order valence-corrected chi connectivity index (χ1v) is 17.6. The number of carbonyl (C=O) groups excluding carboxylic acids is 2. The molecule has 2 bridgehead atoms. The lowest BCUT2D eigenvalue weighted by molar-refractivity contribution is -0.204. The van der Waals surface area contributed by atoms with Crippen molar-refractivity contribution in [2.24, 2.45) is 21.7 Å². The van der Waals surface area contributed by atoms with Gasteiger partial charge >= 0.3 is 12.1 Å². The first-order chi connectivity index (χ1) is 20.6. The molecule has 8 nitrogen and oxygen atoms in total. The molecule has 260 valence electrons. The van der Waals surface area contributed by atoms with Crippen LogP contribution < -0.4 is 21.3 Å². The zero-order chi connectivity index (χ0) is 34.5. The summed E-state index contributed by atoms with van der Waals surface area (Å²) >= 11 is 0. The molecule has 0 spiro atoms. The highest BCUT2D eigenvalue weighted by Gasteiger charge is 2.68. The van der Waals surface area contributed by atoms with Crippen LogP contribution in [-0.2, 0) is 9.47 Å². The monoisotopic (exact) mass is 633 g/mol. The molecule has 4 amide bonds. The van der Waals surface area contributed by atoms with Gasteiger partial charge in [0.2, 0.25) is 0 Å². The summed E-state index contributed by atoms with van der Waals surface area (Å²) in [5, 5.41) is 12.7. The molecule has 8 heteroatoms. The number of nitrogens with one attached hydrogen (secondary N) is 4. The van der Waals surface area contributed by atoms with Crippen molar-refractivity contribution in [3.05, 3.63) is 22.9 Å². The Morgan fingerprint density at radius 2 is 0.911 bits per heavy atom. The number of unbranched alkanes of at least 4 members (excludes halogenated alkanes) is 6. The number of allylic oxidation sites excluding steroid dienone is 2. The van der Waals surface area contributed by atoms with Crippen LogP contribution in [0.5, 0.6) is 0 Å². The summed E-state index contributed by atoms with van der Waals surface area (Å²) in [7, 11) is 0. The van der Waals surface area contributed by atoms with Crippen molar-refractivity contribution in [2.45, 2.75) is 166 Å². The Kier molecular flexibility index (Phi) is 12.6. The largest absolute Gasteiger partial charge is 0.482 e. The van der Waals surface area contributed by atoms with Crippen LogP contribution in [0.1, 0.15) is 155 Å². The summed E-state index contributed by atoms with van der Waals surface area (Å²) < 4.78 is 14.6. The van der Waals surface area contributed by atoms with Crippen molar-refractivity contribution in [3.8, 4) is 0 Å². The number of carbonyl (C=O) groups is 2. The molecule has 0 radical (unpaired) electrons. The summed E-state index contributed by atoms with van der Waals surface area (Å²) in [6.07, 6.45) is 9.06. The highest BCUT2D eigenvalue weighted by atomic mass is 16.5. The van der Waals surface area contributed by atoms with E-state index in [1.807, 2.05) is 0 Å². The lowest BCUT2D eigenvalue weighted by atomic mass is 9.57. The molecular formula is C37H68N4O4. The van der Waals surface area contributed by atoms with E-state index in [1.165, 1.54) is 0 Å². The summed E-state index contributed by atoms with van der Waals surface area (Å²) in [5.41, 5.74) is -2.47. The number of rotatable bonds is 12. The van der Waals surface area contributed by atoms with Gasteiger partial charge in [-0.15, -0.1) is 0 Å². The van der Waals surface area contributed by atoms with Gasteiger partial charge in [-0.25, -0.2) is 9.59 Å². The van der Waals surface area contributed by atoms with Crippen LogP contribution in [0.15, 0.2) is 22.9 Å². The summed E-state index contributed by atoms with van der Waals surface area (Å²) in [5.74, 6) is 1.35. The second kappa shape index (κ2) is 14.6. The summed E-state index contributed by atoms with van der Waals surface area (Å²) in [6.45, 7) is 31.2. The normalized spacial score (nSPS) is 22.4. The summed E-state index contributed by atoms with van der Waals surface area (Å²) in [4.78, 5) is 27.1. The molecule has 2 aliphatic heterocycles. The number of ether oxygens (including phenoxy) is 2. The van der Waals surface area contributed by atoms with Crippen LogP contribution >= 0.6 is 0 Å². The van der Waals surface area contributed by atoms with E-state index in [0.717, 1.165) is 51.4 Å². The number of fused-ring (bicyclic) bond motifs is 2. The minimum Gasteiger partial charge on any atom is -0.482 e. The molecule has 0 saturated carbocycles. The maximum Gasteiger partial charge on any atom is 0.319 e. The van der Waals surface area contributed by atoms with Gasteiger partial charge in [0.25, 0.3) is 0 Å². The zero-order valence-corrected chi connectivity index (χ0v) is 31.4. The highest BCUT2D eigenvalue weighted by Crippen LogP contribution is 2.63. The van der Waals surface area contributed by atoms with E-state index in [0.29, 0.717) is 42.4 Å². The maximum atomic E-state index is 13.5. The van der Waals surface area contributed by atoms with Crippen LogP contribution in [0.2, 0.25) is 0 Å². The molecule has 0 unspecified atom stereocenters. The molecule has 0 aliphatic carbocycles. The highest BCUT2D eigenvalue weighted by molar-refractivity contribution is 5.78. The minimum absolute atomic E-state index is 0.255. The van der Waals surface area contributed by atoms with Crippen molar-refractivity contribution in [1.82, 2.24) is 21.3 Å². The van der Waals surface area contributed by atoms with Gasteiger partial charge in [0.15, 0.2) is 11.2 Å². The van der Waals surface area contributed by atoms with Gasteiger partial charge in [0.1, 0.15) is 22.9 Å². The van der Waals surface area contributed by atoms with E-state index >= 15 is 0 Å². The molecule has 2 atom stereocenters. The first kappa shape index (κ1) is 38.8. The molecular weight excluding hydrogens is 564 g/mol. The fourth-order valence-electron chi connectivity index (χ4n) is 6.30. The van der Waals surface area contributed by atoms with Crippen molar-refractivity contribution < 1.29 is 19.1 Å². The maximum absolute atomic E-state index is 13.5. The van der Waals surface area contributed by atoms with Gasteiger partial charge in [-0.1, -0.05) is 135 Å². The standard InChI is InChI=1S/C37H68N4O4/c1-15-17-19-21-23-38-30(42)40-26-28(32(3,4)5)44-37(35(12,13)14)25-36(26,34(9,10)11)45-29(33(6,7)8)27(37)41-31(43)39-24-22-20-18-16-2/h15-25H2,1-14H3,(H2,38,40,42)(H2,39,41,43)/t36-,37-/m1/s1. The first-order valence-electron chi connectivity index (χ1n) is 17.6. The Bertz CT molecular complexity index is 1010. The molecule has 0 aromatic heterocycles. The average molecular weight is 633 g/mol. The molecule has 2 heterocycles. The van der Waals surface area contributed by atoms with Crippen LogP contribution in [0, 0.1) is 21.7 Å². The minimum atomic E-state index is -0.953. The molecule has 0 fully saturated rings. The molecule has 0 saturated heterocycles. The third-order valence-electron chi connectivity index (χ3n) is 9.21. The van der Waals surface area contributed by atoms with E-state index in [4.69, 9.17) is 9.47 Å². The molecule has 4 N–H and O–H groups in total. The molecule has 0 aromatic rings. The smallest absolute Gasteiger partial charge is 0.319 e. The fraction of sp³-hybridized carbons (Fsp3) is 0.838. The molecule has 0 aromatic carbocycles. The van der Waals surface area contributed by atoms with Crippen LogP contribution in [-0.4, -0.2) is 36.4 Å². The van der Waals surface area contributed by atoms with E-state index in [-0.39, 0.29) is 12.1 Å². The van der Waals surface area contributed by atoms with E-state index in [9.17, 15) is 9.59 Å². The lowest BCUT2D eigenvalue weighted by Gasteiger charge is -2.63. The number of urea groups is 2. The molecule has 2 aliphatic rings. The Labute approximate surface area is 275 Å². The van der Waals surface area contributed by atoms with E-state index in [1.54, 1.807) is 0 Å². The van der Waals surface area contributed by atoms with Crippen molar-refractivity contribution in [3.63, 3.8) is 0 Å². The van der Waals surface area contributed by atoms with Gasteiger partial charge in [-0.3, -0.25) is 0 Å². The molecule has 2 rings (SSSR count). The van der Waals surface area contributed by atoms with Gasteiger partial charge < -0.3 is 30.7 Å². The van der Waals surface area contributed by atoms with Crippen LogP contribution in [0.3, 0.4) is 0 Å². The molecule has 45 heavy (non-hydrogen) atoms. The number of amides is 4. The Balaban J connectivity index is 2.75. The number of hydrogen-bond donors (Lipinski definition) is 4. The number of hydrogen-bond acceptors (Lipinski definition) is 4. The Morgan fingerprint density at radius 1 is 0.578 bits per heavy atom. The van der Waals surface area contributed by atoms with Crippen molar-refractivity contribution >= 4 is 12.1 Å². The van der Waals surface area contributed by atoms with Gasteiger partial charge in [0.05, 0.1) is 0 Å². The predicted molar refractivity (Wildman–Crippen MR) is 185 cm³/mol. The van der Waals surface area contributed by atoms with E-state index < -0.39 is 32.9 Å². The topological polar surface area (TPSA) is 101 Å². The SMILES string of the molecule is CCCCCCNC(=O)NC1=C(C(C)(C)C)O[C@]2(C(C)(C)C)C[C@@]1(C(C)(C)C)OC(C(C)(C)C)=C2NC(=O)NCCCCCC. The third kappa shape index (κ3) is 8.91. The van der Waals surface area contributed by atoms with Crippen LogP contribution in [0.4, 0.5) is 9.59 Å². The van der Waals surface area contributed by atoms with Crippen molar-refractivity contribution in [1.29, 1.82) is 0 Å². The average Bonchev–Trinajstić information content (AvgIpc) is 2.88. The Morgan fingerprint density at radius 3 is 1.18 bits per heavy atom. The second-order valence-corrected chi connectivity index (χ2v) is 17.3. The lowest BCUT2D eigenvalue weighted by Crippen LogP contribution is -2.69. The van der Waals surface area contributed by atoms with Crippen molar-refractivity contribution in [2.75, 3.05) is 13.1 Å².